The van der Waals surface area contributed by atoms with E-state index in [0.717, 1.165) is 12.3 Å². The molecular weight excluding hydrogens is 431 g/mol. The Hall–Kier alpha value is -2.88. The fraction of sp³-hybridized carbons (Fsp3) is 0.333. The van der Waals surface area contributed by atoms with E-state index >= 15 is 0 Å². The molecule has 0 radical (unpaired) electrons. The number of anilines is 1. The van der Waals surface area contributed by atoms with Crippen LogP contribution >= 0.6 is 0 Å². The molecule has 1 heterocycles. The SMILES string of the molecule is C=C(C(=O)NCc1ccc(NS(C)(=O)=O)c(C)c1)c1ccc(C(F)(F)F)nc1C(C)C. The molecule has 2 rings (SSSR count). The highest BCUT2D eigenvalue weighted by Gasteiger charge is 2.33. The van der Waals surface area contributed by atoms with Crippen LogP contribution in [0.25, 0.3) is 5.57 Å². The summed E-state index contributed by atoms with van der Waals surface area (Å²) in [6.07, 6.45) is -3.53. The molecule has 0 saturated carbocycles. The van der Waals surface area contributed by atoms with Gasteiger partial charge in [0.1, 0.15) is 5.69 Å². The number of amides is 1. The van der Waals surface area contributed by atoms with Gasteiger partial charge in [0.15, 0.2) is 0 Å². The van der Waals surface area contributed by atoms with Crippen molar-refractivity contribution in [2.45, 2.75) is 39.4 Å². The average Bonchev–Trinajstić information content (AvgIpc) is 2.65. The number of rotatable bonds is 7. The van der Waals surface area contributed by atoms with Crippen LogP contribution < -0.4 is 10.0 Å². The van der Waals surface area contributed by atoms with Crippen LogP contribution in [-0.4, -0.2) is 25.6 Å². The van der Waals surface area contributed by atoms with Gasteiger partial charge < -0.3 is 5.32 Å². The summed E-state index contributed by atoms with van der Waals surface area (Å²) >= 11 is 0. The van der Waals surface area contributed by atoms with E-state index in [1.165, 1.54) is 6.07 Å². The number of benzene rings is 1. The monoisotopic (exact) mass is 455 g/mol. The first-order chi connectivity index (χ1) is 14.2. The minimum Gasteiger partial charge on any atom is -0.348 e. The highest BCUT2D eigenvalue weighted by Crippen LogP contribution is 2.31. The van der Waals surface area contributed by atoms with E-state index in [0.29, 0.717) is 16.8 Å². The zero-order valence-corrected chi connectivity index (χ0v) is 18.4. The zero-order valence-electron chi connectivity index (χ0n) is 17.6. The fourth-order valence-corrected chi connectivity index (χ4v) is 3.52. The van der Waals surface area contributed by atoms with Gasteiger partial charge in [0, 0.05) is 17.7 Å². The summed E-state index contributed by atoms with van der Waals surface area (Å²) in [6, 6.07) is 7.00. The molecule has 1 amide bonds. The first-order valence-electron chi connectivity index (χ1n) is 9.32. The zero-order chi connectivity index (χ0) is 23.6. The van der Waals surface area contributed by atoms with Gasteiger partial charge in [0.2, 0.25) is 10.0 Å². The number of carbonyl (C=O) groups is 1. The lowest BCUT2D eigenvalue weighted by atomic mass is 9.97. The van der Waals surface area contributed by atoms with Gasteiger partial charge in [-0.25, -0.2) is 13.4 Å². The van der Waals surface area contributed by atoms with Crippen LogP contribution in [0.2, 0.25) is 0 Å². The number of aromatic nitrogens is 1. The van der Waals surface area contributed by atoms with Gasteiger partial charge in [0.05, 0.1) is 17.6 Å². The van der Waals surface area contributed by atoms with Gasteiger partial charge in [0.25, 0.3) is 5.91 Å². The number of hydrogen-bond donors (Lipinski definition) is 2. The third-order valence-corrected chi connectivity index (χ3v) is 4.99. The van der Waals surface area contributed by atoms with Crippen LogP contribution in [0.15, 0.2) is 36.9 Å². The Morgan fingerprint density at radius 2 is 1.84 bits per heavy atom. The number of aryl methyl sites for hydroxylation is 1. The molecule has 0 aliphatic carbocycles. The second-order valence-electron chi connectivity index (χ2n) is 7.47. The summed E-state index contributed by atoms with van der Waals surface area (Å²) in [5.41, 5.74) is 1.20. The second-order valence-corrected chi connectivity index (χ2v) is 9.21. The van der Waals surface area contributed by atoms with E-state index in [4.69, 9.17) is 0 Å². The summed E-state index contributed by atoms with van der Waals surface area (Å²) in [7, 11) is -3.41. The smallest absolute Gasteiger partial charge is 0.348 e. The second kappa shape index (κ2) is 9.09. The van der Waals surface area contributed by atoms with Gasteiger partial charge in [-0.3, -0.25) is 9.52 Å². The van der Waals surface area contributed by atoms with Crippen LogP contribution in [0.3, 0.4) is 0 Å². The number of halogens is 3. The normalized spacial score (nSPS) is 12.0. The maximum atomic E-state index is 13.0. The lowest BCUT2D eigenvalue weighted by Gasteiger charge is -2.16. The van der Waals surface area contributed by atoms with Crippen molar-refractivity contribution in [2.75, 3.05) is 11.0 Å². The standard InChI is InChI=1S/C21H24F3N3O3S/c1-12(2)19-16(7-9-18(26-19)21(22,23)24)14(4)20(28)25-11-15-6-8-17(13(3)10-15)27-31(5,29)30/h6-10,12,27H,4,11H2,1-3,5H3,(H,25,28). The Labute approximate surface area is 179 Å². The quantitative estimate of drug-likeness (QED) is 0.612. The lowest BCUT2D eigenvalue weighted by molar-refractivity contribution is -0.141. The molecule has 6 nitrogen and oxygen atoms in total. The number of sulfonamides is 1. The molecule has 1 aromatic heterocycles. The van der Waals surface area contributed by atoms with Gasteiger partial charge in [-0.15, -0.1) is 0 Å². The van der Waals surface area contributed by atoms with E-state index in [2.05, 4.69) is 21.6 Å². The Bertz CT molecular complexity index is 1110. The fourth-order valence-electron chi connectivity index (χ4n) is 2.89. The minimum atomic E-state index is -4.58. The van der Waals surface area contributed by atoms with Crippen LogP contribution in [0.4, 0.5) is 18.9 Å². The van der Waals surface area contributed by atoms with Crippen molar-refractivity contribution >= 4 is 27.2 Å². The molecule has 0 atom stereocenters. The van der Waals surface area contributed by atoms with E-state index in [-0.39, 0.29) is 29.3 Å². The Morgan fingerprint density at radius 1 is 1.19 bits per heavy atom. The van der Waals surface area contributed by atoms with Crippen LogP contribution in [-0.2, 0) is 27.5 Å². The summed E-state index contributed by atoms with van der Waals surface area (Å²) < 4.78 is 64.1. The van der Waals surface area contributed by atoms with Crippen molar-refractivity contribution < 1.29 is 26.4 Å². The van der Waals surface area contributed by atoms with E-state index in [1.807, 2.05) is 0 Å². The Balaban J connectivity index is 2.16. The Morgan fingerprint density at radius 3 is 2.35 bits per heavy atom. The van der Waals surface area contributed by atoms with Crippen molar-refractivity contribution in [3.8, 4) is 0 Å². The van der Waals surface area contributed by atoms with Crippen LogP contribution in [0, 0.1) is 6.92 Å². The number of nitrogens with one attached hydrogen (secondary N) is 2. The molecular formula is C21H24F3N3O3S. The first kappa shape index (κ1) is 24.4. The summed E-state index contributed by atoms with van der Waals surface area (Å²) in [4.78, 5) is 16.3. The Kier molecular flexibility index (Phi) is 7.15. The molecule has 0 saturated heterocycles. The third-order valence-electron chi connectivity index (χ3n) is 4.40. The van der Waals surface area contributed by atoms with Crippen LogP contribution in [0.1, 0.15) is 47.8 Å². The largest absolute Gasteiger partial charge is 0.433 e. The van der Waals surface area contributed by atoms with Crippen molar-refractivity contribution in [1.82, 2.24) is 10.3 Å². The molecule has 0 bridgehead atoms. The molecule has 10 heteroatoms. The number of pyridine rings is 1. The third kappa shape index (κ3) is 6.55. The predicted octanol–water partition coefficient (Wildman–Crippen LogP) is 4.23. The van der Waals surface area contributed by atoms with Crippen molar-refractivity contribution in [3.05, 3.63) is 65.0 Å². The molecule has 2 N–H and O–H groups in total. The molecule has 0 unspecified atom stereocenters. The minimum absolute atomic E-state index is 0.0111. The summed E-state index contributed by atoms with van der Waals surface area (Å²) in [6.45, 7) is 8.96. The molecule has 2 aromatic rings. The maximum absolute atomic E-state index is 13.0. The van der Waals surface area contributed by atoms with E-state index in [1.54, 1.807) is 39.0 Å². The molecule has 168 valence electrons. The van der Waals surface area contributed by atoms with Gasteiger partial charge >= 0.3 is 6.18 Å². The number of carbonyl (C=O) groups excluding carboxylic acids is 1. The molecule has 0 fully saturated rings. The topological polar surface area (TPSA) is 88.2 Å². The lowest BCUT2D eigenvalue weighted by Crippen LogP contribution is -2.24. The first-order valence-corrected chi connectivity index (χ1v) is 11.2. The van der Waals surface area contributed by atoms with Gasteiger partial charge in [-0.2, -0.15) is 13.2 Å². The predicted molar refractivity (Wildman–Crippen MR) is 114 cm³/mol. The van der Waals surface area contributed by atoms with Crippen molar-refractivity contribution in [2.24, 2.45) is 0 Å². The van der Waals surface area contributed by atoms with Gasteiger partial charge in [-0.1, -0.05) is 38.6 Å². The molecule has 0 aliphatic heterocycles. The molecule has 1 aromatic carbocycles. The molecule has 31 heavy (non-hydrogen) atoms. The average molecular weight is 456 g/mol. The van der Waals surface area contributed by atoms with Crippen molar-refractivity contribution in [1.29, 1.82) is 0 Å². The van der Waals surface area contributed by atoms with E-state index in [9.17, 15) is 26.4 Å². The van der Waals surface area contributed by atoms with E-state index < -0.39 is 27.8 Å². The number of hydrogen-bond acceptors (Lipinski definition) is 4. The van der Waals surface area contributed by atoms with Crippen molar-refractivity contribution in [3.63, 3.8) is 0 Å². The molecule has 0 aliphatic rings. The molecule has 0 spiro atoms. The summed E-state index contributed by atoms with van der Waals surface area (Å²) in [5, 5.41) is 2.68. The summed E-state index contributed by atoms with van der Waals surface area (Å²) in [5.74, 6) is -0.890. The highest BCUT2D eigenvalue weighted by molar-refractivity contribution is 7.92. The number of nitrogens with zero attached hydrogens (tertiary/aromatic N) is 1. The number of alkyl halides is 3. The van der Waals surface area contributed by atoms with Gasteiger partial charge in [-0.05, 0) is 36.1 Å². The maximum Gasteiger partial charge on any atom is 0.433 e. The highest BCUT2D eigenvalue weighted by atomic mass is 32.2. The van der Waals surface area contributed by atoms with Crippen LogP contribution in [0.5, 0.6) is 0 Å².